The number of anilines is 2. The number of imidazole rings is 1. The quantitative estimate of drug-likeness (QED) is 0.714. The first-order valence-corrected chi connectivity index (χ1v) is 7.82. The van der Waals surface area contributed by atoms with Crippen molar-refractivity contribution in [2.75, 3.05) is 5.32 Å². The van der Waals surface area contributed by atoms with Gasteiger partial charge >= 0.3 is 6.18 Å². The predicted octanol–water partition coefficient (Wildman–Crippen LogP) is 3.41. The number of alkyl halides is 3. The maximum Gasteiger partial charge on any atom is 0.420 e. The van der Waals surface area contributed by atoms with E-state index in [4.69, 9.17) is 11.6 Å². The zero-order valence-electron chi connectivity index (χ0n) is 13.7. The largest absolute Gasteiger partial charge is 0.420 e. The average molecular weight is 387 g/mol. The molecular formula is C15H14ClF3N6O. The van der Waals surface area contributed by atoms with Crippen LogP contribution in [0.15, 0.2) is 24.5 Å². The average Bonchev–Trinajstić information content (AvgIpc) is 2.88. The molecule has 3 aromatic heterocycles. The van der Waals surface area contributed by atoms with Crippen LogP contribution in [0.3, 0.4) is 0 Å². The third-order valence-corrected chi connectivity index (χ3v) is 3.53. The third-order valence-electron chi connectivity index (χ3n) is 3.33. The normalized spacial score (nSPS) is 12.6. The number of nitrogens with one attached hydrogen (secondary N) is 1. The Labute approximate surface area is 150 Å². The molecular weight excluding hydrogens is 373 g/mol. The lowest BCUT2D eigenvalue weighted by atomic mass is 10.1. The van der Waals surface area contributed by atoms with Gasteiger partial charge in [-0.25, -0.2) is 9.97 Å². The monoisotopic (exact) mass is 386 g/mol. The fourth-order valence-electron chi connectivity index (χ4n) is 2.33. The Morgan fingerprint density at radius 1 is 1.23 bits per heavy atom. The number of fused-ring (bicyclic) bond motifs is 1. The highest BCUT2D eigenvalue weighted by Gasteiger charge is 2.36. The van der Waals surface area contributed by atoms with E-state index in [-0.39, 0.29) is 28.7 Å². The summed E-state index contributed by atoms with van der Waals surface area (Å²) in [7, 11) is 0. The number of nitrogens with zero attached hydrogens (tertiary/aromatic N) is 5. The molecule has 3 heterocycles. The Bertz CT molecular complexity index is 933. The van der Waals surface area contributed by atoms with E-state index < -0.39 is 23.2 Å². The molecule has 0 fully saturated rings. The van der Waals surface area contributed by atoms with Crippen molar-refractivity contribution in [3.8, 4) is 0 Å². The van der Waals surface area contributed by atoms with Gasteiger partial charge in [0.05, 0.1) is 18.5 Å². The highest BCUT2D eigenvalue weighted by Crippen LogP contribution is 2.36. The molecule has 3 aromatic rings. The van der Waals surface area contributed by atoms with Gasteiger partial charge in [-0.3, -0.25) is 0 Å². The van der Waals surface area contributed by atoms with Gasteiger partial charge in [-0.2, -0.15) is 13.2 Å². The number of hydrogen-bond donors (Lipinski definition) is 2. The van der Waals surface area contributed by atoms with Crippen LogP contribution in [-0.2, 0) is 12.7 Å². The molecule has 138 valence electrons. The Morgan fingerprint density at radius 3 is 2.54 bits per heavy atom. The molecule has 0 saturated carbocycles. The van der Waals surface area contributed by atoms with E-state index in [9.17, 15) is 18.3 Å². The van der Waals surface area contributed by atoms with E-state index in [0.29, 0.717) is 0 Å². The molecule has 0 aromatic carbocycles. The molecule has 0 saturated heterocycles. The lowest BCUT2D eigenvalue weighted by Crippen LogP contribution is -2.25. The Kier molecular flexibility index (Phi) is 4.49. The van der Waals surface area contributed by atoms with E-state index in [2.05, 4.69) is 25.5 Å². The maximum absolute atomic E-state index is 13.4. The Hall–Kier alpha value is -2.46. The summed E-state index contributed by atoms with van der Waals surface area (Å²) in [5, 5.41) is 19.8. The molecule has 0 radical (unpaired) electrons. The third kappa shape index (κ3) is 4.02. The summed E-state index contributed by atoms with van der Waals surface area (Å²) in [6.07, 6.45) is -3.31. The zero-order chi connectivity index (χ0) is 19.1. The van der Waals surface area contributed by atoms with Crippen LogP contribution in [0.4, 0.5) is 24.8 Å². The van der Waals surface area contributed by atoms with Crippen molar-refractivity contribution in [3.05, 3.63) is 35.2 Å². The number of hydrogen-bond acceptors (Lipinski definition) is 6. The number of rotatable bonds is 4. The molecule has 0 bridgehead atoms. The van der Waals surface area contributed by atoms with Gasteiger partial charge in [0.1, 0.15) is 16.9 Å². The first-order valence-electron chi connectivity index (χ1n) is 7.45. The second-order valence-corrected chi connectivity index (χ2v) is 6.66. The zero-order valence-corrected chi connectivity index (χ0v) is 14.5. The molecule has 0 spiro atoms. The molecule has 0 aliphatic rings. The first kappa shape index (κ1) is 18.3. The van der Waals surface area contributed by atoms with Crippen molar-refractivity contribution in [2.45, 2.75) is 32.2 Å². The second-order valence-electron chi connectivity index (χ2n) is 6.28. The molecule has 2 N–H and O–H groups in total. The fraction of sp³-hybridized carbons (Fsp3) is 0.333. The minimum Gasteiger partial charge on any atom is -0.389 e. The van der Waals surface area contributed by atoms with Crippen molar-refractivity contribution in [3.63, 3.8) is 0 Å². The summed E-state index contributed by atoms with van der Waals surface area (Å²) < 4.78 is 41.7. The van der Waals surface area contributed by atoms with Crippen molar-refractivity contribution in [1.29, 1.82) is 0 Å². The Balaban J connectivity index is 2.10. The number of halogens is 4. The fourth-order valence-corrected chi connectivity index (χ4v) is 2.43. The highest BCUT2D eigenvalue weighted by atomic mass is 35.5. The van der Waals surface area contributed by atoms with Crippen LogP contribution >= 0.6 is 11.6 Å². The topological polar surface area (TPSA) is 88.8 Å². The lowest BCUT2D eigenvalue weighted by molar-refractivity contribution is -0.137. The molecule has 11 heteroatoms. The van der Waals surface area contributed by atoms with Crippen LogP contribution in [0.5, 0.6) is 0 Å². The lowest BCUT2D eigenvalue weighted by Gasteiger charge is -2.18. The van der Waals surface area contributed by atoms with E-state index in [1.54, 1.807) is 13.8 Å². The van der Waals surface area contributed by atoms with Gasteiger partial charge in [-0.05, 0) is 32.0 Å². The molecule has 0 aliphatic carbocycles. The van der Waals surface area contributed by atoms with Gasteiger partial charge < -0.3 is 15.0 Å². The highest BCUT2D eigenvalue weighted by molar-refractivity contribution is 6.29. The molecule has 3 rings (SSSR count). The number of aliphatic hydroxyl groups is 1. The van der Waals surface area contributed by atoms with Crippen LogP contribution in [-0.4, -0.2) is 35.4 Å². The molecule has 7 nitrogen and oxygen atoms in total. The van der Waals surface area contributed by atoms with E-state index in [1.165, 1.54) is 23.0 Å². The maximum atomic E-state index is 13.4. The van der Waals surface area contributed by atoms with Crippen LogP contribution < -0.4 is 5.32 Å². The van der Waals surface area contributed by atoms with Crippen molar-refractivity contribution >= 4 is 34.4 Å². The molecule has 0 atom stereocenters. The Morgan fingerprint density at radius 2 is 1.96 bits per heavy atom. The summed E-state index contributed by atoms with van der Waals surface area (Å²) in [6, 6.07) is 3.67. The van der Waals surface area contributed by atoms with E-state index in [1.807, 2.05) is 0 Å². The van der Waals surface area contributed by atoms with Crippen LogP contribution in [0.2, 0.25) is 5.15 Å². The van der Waals surface area contributed by atoms with Crippen LogP contribution in [0, 0.1) is 0 Å². The second kappa shape index (κ2) is 6.36. The summed E-state index contributed by atoms with van der Waals surface area (Å²) in [5.41, 5.74) is -1.82. The SMILES string of the molecule is CC(C)(O)Cn1cnc2cc(C(F)(F)F)c(Nc3ccc(Cl)nn3)nc21. The van der Waals surface area contributed by atoms with E-state index >= 15 is 0 Å². The van der Waals surface area contributed by atoms with Crippen molar-refractivity contribution < 1.29 is 18.3 Å². The summed E-state index contributed by atoms with van der Waals surface area (Å²) in [5.74, 6) is -0.389. The molecule has 0 aliphatic heterocycles. The van der Waals surface area contributed by atoms with Gasteiger partial charge in [-0.15, -0.1) is 10.2 Å². The smallest absolute Gasteiger partial charge is 0.389 e. The number of pyridine rings is 1. The van der Waals surface area contributed by atoms with Gasteiger partial charge in [-0.1, -0.05) is 11.6 Å². The van der Waals surface area contributed by atoms with Crippen molar-refractivity contribution in [2.24, 2.45) is 0 Å². The van der Waals surface area contributed by atoms with Gasteiger partial charge in [0.2, 0.25) is 0 Å². The molecule has 26 heavy (non-hydrogen) atoms. The summed E-state index contributed by atoms with van der Waals surface area (Å²) in [6.45, 7) is 3.26. The minimum atomic E-state index is -4.65. The van der Waals surface area contributed by atoms with Gasteiger partial charge in [0.25, 0.3) is 0 Å². The predicted molar refractivity (Wildman–Crippen MR) is 89.2 cm³/mol. The summed E-state index contributed by atoms with van der Waals surface area (Å²) in [4.78, 5) is 8.01. The minimum absolute atomic E-state index is 0.0558. The summed E-state index contributed by atoms with van der Waals surface area (Å²) >= 11 is 5.63. The first-order chi connectivity index (χ1) is 12.0. The molecule has 0 amide bonds. The standard InChI is InChI=1S/C15H14ClF3N6O/c1-14(2,26)6-25-7-20-9-5-8(15(17,18)19)12(22-13(9)25)21-11-4-3-10(16)23-24-11/h3-5,7,26H,6H2,1-2H3,(H,21,22,24). The van der Waals surface area contributed by atoms with E-state index in [0.717, 1.165) is 6.07 Å². The van der Waals surface area contributed by atoms with Gasteiger partial charge in [0, 0.05) is 0 Å². The van der Waals surface area contributed by atoms with Gasteiger partial charge in [0.15, 0.2) is 16.6 Å². The van der Waals surface area contributed by atoms with Crippen LogP contribution in [0.25, 0.3) is 11.2 Å². The van der Waals surface area contributed by atoms with Crippen LogP contribution in [0.1, 0.15) is 19.4 Å². The van der Waals surface area contributed by atoms with Crippen molar-refractivity contribution in [1.82, 2.24) is 24.7 Å². The number of aromatic nitrogens is 5. The molecule has 0 unspecified atom stereocenters.